The van der Waals surface area contributed by atoms with E-state index in [9.17, 15) is 0 Å². The van der Waals surface area contributed by atoms with Crippen LogP contribution in [0.4, 0.5) is 0 Å². The summed E-state index contributed by atoms with van der Waals surface area (Å²) in [6.45, 7) is 10.4. The molecular weight excluding hydrogens is 476 g/mol. The van der Waals surface area contributed by atoms with Gasteiger partial charge in [-0.05, 0) is 84.3 Å². The third kappa shape index (κ3) is 5.35. The maximum Gasteiger partial charge on any atom is 0.119 e. The van der Waals surface area contributed by atoms with Gasteiger partial charge in [0.25, 0.3) is 0 Å². The van der Waals surface area contributed by atoms with Gasteiger partial charge in [0.05, 0.1) is 18.6 Å². The van der Waals surface area contributed by atoms with Crippen LogP contribution in [0.5, 0.6) is 11.5 Å². The number of fused-ring (bicyclic) bond motifs is 3. The number of benzene rings is 4. The monoisotopic (exact) mass is 518 g/mol. The van der Waals surface area contributed by atoms with E-state index in [1.54, 1.807) is 0 Å². The third-order valence-corrected chi connectivity index (χ3v) is 8.06. The van der Waals surface area contributed by atoms with E-state index in [-0.39, 0.29) is 0 Å². The van der Waals surface area contributed by atoms with Gasteiger partial charge in [0.15, 0.2) is 0 Å². The molecule has 39 heavy (non-hydrogen) atoms. The molecule has 0 amide bonds. The molecule has 0 unspecified atom stereocenters. The first-order valence-electron chi connectivity index (χ1n) is 14.8. The summed E-state index contributed by atoms with van der Waals surface area (Å²) in [6.07, 6.45) is 6.98. The minimum absolute atomic E-state index is 0.413. The van der Waals surface area contributed by atoms with Crippen molar-refractivity contribution >= 4 is 0 Å². The Balaban J connectivity index is 1.62. The maximum atomic E-state index is 6.10. The molecule has 5 rings (SSSR count). The number of aryl methyl sites for hydroxylation is 2. The number of rotatable bonds is 12. The van der Waals surface area contributed by atoms with E-state index in [4.69, 9.17) is 9.47 Å². The van der Waals surface area contributed by atoms with Gasteiger partial charge in [-0.15, -0.1) is 0 Å². The standard InChI is InChI=1S/C37H42O2/c1-5-7-9-23-38-31-17-13-29(14-18-31)37(30-15-19-32(20-16-30)39-24-10-8-6-2)35-25-27(3)11-21-33(35)34-22-12-28(4)26-36(34)37/h11-22,25-26H,5-10,23-24H2,1-4H3. The summed E-state index contributed by atoms with van der Waals surface area (Å²) >= 11 is 0. The third-order valence-electron chi connectivity index (χ3n) is 8.06. The van der Waals surface area contributed by atoms with E-state index in [1.165, 1.54) is 70.2 Å². The van der Waals surface area contributed by atoms with Crippen molar-refractivity contribution in [2.75, 3.05) is 13.2 Å². The number of ether oxygens (including phenoxy) is 2. The topological polar surface area (TPSA) is 18.5 Å². The molecule has 1 aliphatic carbocycles. The van der Waals surface area contributed by atoms with E-state index >= 15 is 0 Å². The van der Waals surface area contributed by atoms with Crippen molar-refractivity contribution in [1.29, 1.82) is 0 Å². The van der Waals surface area contributed by atoms with Gasteiger partial charge in [-0.1, -0.05) is 111 Å². The smallest absolute Gasteiger partial charge is 0.119 e. The van der Waals surface area contributed by atoms with Crippen LogP contribution in [-0.2, 0) is 5.41 Å². The van der Waals surface area contributed by atoms with Crippen molar-refractivity contribution in [3.05, 3.63) is 118 Å². The Morgan fingerprint density at radius 1 is 0.513 bits per heavy atom. The molecule has 202 valence electrons. The second-order valence-corrected chi connectivity index (χ2v) is 11.0. The molecule has 0 atom stereocenters. The Morgan fingerprint density at radius 2 is 0.923 bits per heavy atom. The van der Waals surface area contributed by atoms with Crippen LogP contribution in [0.25, 0.3) is 11.1 Å². The first-order chi connectivity index (χ1) is 19.1. The molecule has 0 N–H and O–H groups in total. The van der Waals surface area contributed by atoms with Gasteiger partial charge in [0, 0.05) is 0 Å². The average molecular weight is 519 g/mol. The van der Waals surface area contributed by atoms with Gasteiger partial charge in [-0.2, -0.15) is 0 Å². The molecule has 1 aliphatic rings. The first kappa shape index (κ1) is 27.1. The van der Waals surface area contributed by atoms with E-state index in [2.05, 4.69) is 113 Å². The Morgan fingerprint density at radius 3 is 1.31 bits per heavy atom. The quantitative estimate of drug-likeness (QED) is 0.153. The zero-order valence-electron chi connectivity index (χ0n) is 24.1. The molecule has 0 heterocycles. The van der Waals surface area contributed by atoms with E-state index < -0.39 is 5.41 Å². The van der Waals surface area contributed by atoms with Crippen molar-refractivity contribution in [3.8, 4) is 22.6 Å². The Labute approximate surface area is 235 Å². The number of hydrogen-bond acceptors (Lipinski definition) is 2. The zero-order valence-corrected chi connectivity index (χ0v) is 24.1. The Hall–Kier alpha value is -3.52. The predicted octanol–water partition coefficient (Wildman–Crippen LogP) is 9.80. The molecule has 0 aliphatic heterocycles. The summed E-state index contributed by atoms with van der Waals surface area (Å²) in [5.74, 6) is 1.88. The minimum Gasteiger partial charge on any atom is -0.494 e. The highest BCUT2D eigenvalue weighted by atomic mass is 16.5. The van der Waals surface area contributed by atoms with Crippen LogP contribution in [0.2, 0.25) is 0 Å². The van der Waals surface area contributed by atoms with Crippen LogP contribution < -0.4 is 9.47 Å². The molecule has 0 spiro atoms. The lowest BCUT2D eigenvalue weighted by Crippen LogP contribution is -2.28. The summed E-state index contributed by atoms with van der Waals surface area (Å²) in [7, 11) is 0. The molecule has 0 fully saturated rings. The summed E-state index contributed by atoms with van der Waals surface area (Å²) in [4.78, 5) is 0. The molecule has 4 aromatic carbocycles. The molecule has 0 saturated carbocycles. The second kappa shape index (κ2) is 12.1. The van der Waals surface area contributed by atoms with Gasteiger partial charge in [-0.3, -0.25) is 0 Å². The van der Waals surface area contributed by atoms with Crippen molar-refractivity contribution < 1.29 is 9.47 Å². The van der Waals surface area contributed by atoms with Crippen LogP contribution in [0, 0.1) is 13.8 Å². The largest absolute Gasteiger partial charge is 0.494 e. The molecule has 2 nitrogen and oxygen atoms in total. The average Bonchev–Trinajstić information content (AvgIpc) is 3.23. The summed E-state index contributed by atoms with van der Waals surface area (Å²) in [6, 6.07) is 31.5. The fraction of sp³-hybridized carbons (Fsp3) is 0.351. The summed E-state index contributed by atoms with van der Waals surface area (Å²) < 4.78 is 12.2. The summed E-state index contributed by atoms with van der Waals surface area (Å²) in [5.41, 5.74) is 9.97. The SMILES string of the molecule is CCCCCOc1ccc(C2(c3ccc(OCCCCC)cc3)c3cc(C)ccc3-c3ccc(C)cc32)cc1. The van der Waals surface area contributed by atoms with Gasteiger partial charge in [-0.25, -0.2) is 0 Å². The van der Waals surface area contributed by atoms with Crippen LogP contribution >= 0.6 is 0 Å². The maximum absolute atomic E-state index is 6.10. The van der Waals surface area contributed by atoms with Gasteiger partial charge in [0.1, 0.15) is 11.5 Å². The normalized spacial score (nSPS) is 13.1. The van der Waals surface area contributed by atoms with Crippen molar-refractivity contribution in [1.82, 2.24) is 0 Å². The van der Waals surface area contributed by atoms with E-state index in [1.807, 2.05) is 0 Å². The highest BCUT2D eigenvalue weighted by Gasteiger charge is 2.46. The number of hydrogen-bond donors (Lipinski definition) is 0. The Bertz CT molecular complexity index is 1270. The second-order valence-electron chi connectivity index (χ2n) is 11.0. The lowest BCUT2D eigenvalue weighted by Gasteiger charge is -2.34. The van der Waals surface area contributed by atoms with Crippen molar-refractivity contribution in [3.63, 3.8) is 0 Å². The van der Waals surface area contributed by atoms with Crippen molar-refractivity contribution in [2.24, 2.45) is 0 Å². The lowest BCUT2D eigenvalue weighted by atomic mass is 9.67. The number of unbranched alkanes of at least 4 members (excludes halogenated alkanes) is 4. The zero-order chi connectivity index (χ0) is 27.2. The molecule has 2 heteroatoms. The Kier molecular flexibility index (Phi) is 8.41. The van der Waals surface area contributed by atoms with Crippen molar-refractivity contribution in [2.45, 2.75) is 71.6 Å². The molecule has 0 aromatic heterocycles. The fourth-order valence-electron chi connectivity index (χ4n) is 6.03. The molecule has 4 aromatic rings. The lowest BCUT2D eigenvalue weighted by molar-refractivity contribution is 0.306. The summed E-state index contributed by atoms with van der Waals surface area (Å²) in [5, 5.41) is 0. The van der Waals surface area contributed by atoms with Gasteiger partial charge >= 0.3 is 0 Å². The molecule has 0 saturated heterocycles. The van der Waals surface area contributed by atoms with Crippen LogP contribution in [0.3, 0.4) is 0 Å². The fourth-order valence-corrected chi connectivity index (χ4v) is 6.03. The highest BCUT2D eigenvalue weighted by Crippen LogP contribution is 2.56. The van der Waals surface area contributed by atoms with Crippen LogP contribution in [0.15, 0.2) is 84.9 Å². The van der Waals surface area contributed by atoms with Gasteiger partial charge < -0.3 is 9.47 Å². The van der Waals surface area contributed by atoms with E-state index in [0.717, 1.165) is 37.6 Å². The molecular formula is C37H42O2. The molecule has 0 radical (unpaired) electrons. The predicted molar refractivity (Wildman–Crippen MR) is 163 cm³/mol. The first-order valence-corrected chi connectivity index (χ1v) is 14.8. The van der Waals surface area contributed by atoms with Gasteiger partial charge in [0.2, 0.25) is 0 Å². The van der Waals surface area contributed by atoms with Crippen LogP contribution in [-0.4, -0.2) is 13.2 Å². The molecule has 0 bridgehead atoms. The van der Waals surface area contributed by atoms with Crippen LogP contribution in [0.1, 0.15) is 85.8 Å². The van der Waals surface area contributed by atoms with E-state index in [0.29, 0.717) is 0 Å². The highest BCUT2D eigenvalue weighted by molar-refractivity contribution is 5.86. The minimum atomic E-state index is -0.413.